The molecule has 1 amide bonds. The fourth-order valence-electron chi connectivity index (χ4n) is 0.904. The first-order valence-corrected chi connectivity index (χ1v) is 4.50. The molecule has 6 heteroatoms. The van der Waals surface area contributed by atoms with E-state index >= 15 is 0 Å². The second-order valence-corrected chi connectivity index (χ2v) is 3.13. The summed E-state index contributed by atoms with van der Waals surface area (Å²) in [6.07, 6.45) is 0.245. The second-order valence-electron chi connectivity index (χ2n) is 2.74. The topological polar surface area (TPSA) is 80.9 Å². The number of anilines is 1. The van der Waals surface area contributed by atoms with Crippen molar-refractivity contribution in [3.8, 4) is 0 Å². The van der Waals surface area contributed by atoms with Gasteiger partial charge in [-0.15, -0.1) is 0 Å². The molecular formula is C8H11ClN4O. The Balaban J connectivity index is 2.71. The summed E-state index contributed by atoms with van der Waals surface area (Å²) in [5, 5.41) is 2.80. The number of rotatable bonds is 3. The van der Waals surface area contributed by atoms with E-state index in [4.69, 9.17) is 17.3 Å². The molecule has 0 saturated carbocycles. The van der Waals surface area contributed by atoms with Gasteiger partial charge >= 0.3 is 0 Å². The van der Waals surface area contributed by atoms with Crippen LogP contribution >= 0.6 is 11.6 Å². The summed E-state index contributed by atoms with van der Waals surface area (Å²) < 4.78 is 0. The third-order valence-electron chi connectivity index (χ3n) is 1.45. The zero-order valence-electron chi connectivity index (χ0n) is 7.75. The Labute approximate surface area is 86.7 Å². The quantitative estimate of drug-likeness (QED) is 0.727. The van der Waals surface area contributed by atoms with Crippen LogP contribution in [0.2, 0.25) is 5.15 Å². The molecule has 0 radical (unpaired) electrons. The number of amides is 1. The smallest absolute Gasteiger partial charge is 0.231 e. The van der Waals surface area contributed by atoms with Crippen LogP contribution in [-0.2, 0) is 4.79 Å². The molecule has 14 heavy (non-hydrogen) atoms. The van der Waals surface area contributed by atoms with Crippen molar-refractivity contribution in [2.75, 3.05) is 11.9 Å². The maximum Gasteiger partial charge on any atom is 0.231 e. The SMILES string of the molecule is Cc1cc(Cl)nc(NC(=O)CCN)n1. The Morgan fingerprint density at radius 3 is 2.93 bits per heavy atom. The number of carbonyl (C=O) groups excluding carboxylic acids is 1. The normalized spacial score (nSPS) is 9.93. The molecule has 0 aliphatic rings. The standard InChI is InChI=1S/C8H11ClN4O/c1-5-4-6(9)12-8(11-5)13-7(14)2-3-10/h4H,2-3,10H2,1H3,(H,11,12,13,14). The first-order chi connectivity index (χ1) is 6.61. The molecule has 1 rings (SSSR count). The minimum atomic E-state index is -0.214. The maximum absolute atomic E-state index is 11.1. The first-order valence-electron chi connectivity index (χ1n) is 4.13. The molecule has 0 aromatic carbocycles. The molecule has 3 N–H and O–H groups in total. The highest BCUT2D eigenvalue weighted by molar-refractivity contribution is 6.29. The number of hydrogen-bond donors (Lipinski definition) is 2. The minimum absolute atomic E-state index is 0.214. The fourth-order valence-corrected chi connectivity index (χ4v) is 1.14. The molecule has 0 saturated heterocycles. The average molecular weight is 215 g/mol. The van der Waals surface area contributed by atoms with Gasteiger partial charge in [0.2, 0.25) is 11.9 Å². The van der Waals surface area contributed by atoms with Gasteiger partial charge in [0, 0.05) is 18.7 Å². The molecule has 0 aliphatic carbocycles. The van der Waals surface area contributed by atoms with Crippen molar-refractivity contribution in [3.63, 3.8) is 0 Å². The summed E-state index contributed by atoms with van der Waals surface area (Å²) in [7, 11) is 0. The summed E-state index contributed by atoms with van der Waals surface area (Å²) >= 11 is 5.68. The third-order valence-corrected chi connectivity index (χ3v) is 1.64. The molecule has 0 atom stereocenters. The lowest BCUT2D eigenvalue weighted by Crippen LogP contribution is -2.17. The van der Waals surface area contributed by atoms with Gasteiger partial charge in [-0.25, -0.2) is 9.97 Å². The number of hydrogen-bond acceptors (Lipinski definition) is 4. The Hall–Kier alpha value is -1.20. The van der Waals surface area contributed by atoms with Crippen molar-refractivity contribution < 1.29 is 4.79 Å². The van der Waals surface area contributed by atoms with Gasteiger partial charge in [-0.05, 0) is 13.0 Å². The van der Waals surface area contributed by atoms with E-state index in [2.05, 4.69) is 15.3 Å². The Morgan fingerprint density at radius 1 is 1.64 bits per heavy atom. The molecule has 76 valence electrons. The van der Waals surface area contributed by atoms with Gasteiger partial charge in [-0.2, -0.15) is 0 Å². The lowest BCUT2D eigenvalue weighted by molar-refractivity contribution is -0.116. The Morgan fingerprint density at radius 2 is 2.36 bits per heavy atom. The van der Waals surface area contributed by atoms with Gasteiger partial charge in [-0.1, -0.05) is 11.6 Å². The fraction of sp³-hybridized carbons (Fsp3) is 0.375. The van der Waals surface area contributed by atoms with Crippen LogP contribution in [-0.4, -0.2) is 22.4 Å². The number of aromatic nitrogens is 2. The van der Waals surface area contributed by atoms with E-state index in [9.17, 15) is 4.79 Å². The second kappa shape index (κ2) is 4.88. The lowest BCUT2D eigenvalue weighted by atomic mass is 10.4. The molecule has 1 aromatic rings. The van der Waals surface area contributed by atoms with E-state index < -0.39 is 0 Å². The first kappa shape index (κ1) is 10.9. The van der Waals surface area contributed by atoms with Crippen LogP contribution in [0.3, 0.4) is 0 Å². The van der Waals surface area contributed by atoms with Crippen LogP contribution in [0.1, 0.15) is 12.1 Å². The minimum Gasteiger partial charge on any atom is -0.330 e. The van der Waals surface area contributed by atoms with Crippen LogP contribution < -0.4 is 11.1 Å². The molecule has 0 aliphatic heterocycles. The molecule has 5 nitrogen and oxygen atoms in total. The zero-order chi connectivity index (χ0) is 10.6. The van der Waals surface area contributed by atoms with Crippen molar-refractivity contribution in [3.05, 3.63) is 16.9 Å². The number of nitrogens with one attached hydrogen (secondary N) is 1. The molecule has 0 spiro atoms. The summed E-state index contributed by atoms with van der Waals surface area (Å²) in [6, 6.07) is 1.61. The van der Waals surface area contributed by atoms with Crippen LogP contribution in [0.5, 0.6) is 0 Å². The predicted molar refractivity (Wildman–Crippen MR) is 54.1 cm³/mol. The van der Waals surface area contributed by atoms with E-state index in [0.29, 0.717) is 17.4 Å². The van der Waals surface area contributed by atoms with E-state index in [-0.39, 0.29) is 18.3 Å². The van der Waals surface area contributed by atoms with Gasteiger partial charge in [-0.3, -0.25) is 10.1 Å². The zero-order valence-corrected chi connectivity index (χ0v) is 8.51. The van der Waals surface area contributed by atoms with Crippen molar-refractivity contribution in [1.29, 1.82) is 0 Å². The Kier molecular flexibility index (Phi) is 3.79. The maximum atomic E-state index is 11.1. The number of halogens is 1. The van der Waals surface area contributed by atoms with Crippen molar-refractivity contribution in [1.82, 2.24) is 9.97 Å². The predicted octanol–water partition coefficient (Wildman–Crippen LogP) is 0.726. The van der Waals surface area contributed by atoms with E-state index in [0.717, 1.165) is 0 Å². The highest BCUT2D eigenvalue weighted by Crippen LogP contribution is 2.09. The largest absolute Gasteiger partial charge is 0.330 e. The Bertz CT molecular complexity index is 322. The third kappa shape index (κ3) is 3.27. The van der Waals surface area contributed by atoms with E-state index in [1.54, 1.807) is 13.0 Å². The number of nitrogens with two attached hydrogens (primary N) is 1. The highest BCUT2D eigenvalue weighted by atomic mass is 35.5. The highest BCUT2D eigenvalue weighted by Gasteiger charge is 2.04. The van der Waals surface area contributed by atoms with E-state index in [1.165, 1.54) is 0 Å². The van der Waals surface area contributed by atoms with Gasteiger partial charge in [0.25, 0.3) is 0 Å². The number of nitrogens with zero attached hydrogens (tertiary/aromatic N) is 2. The molecule has 1 aromatic heterocycles. The summed E-state index contributed by atoms with van der Waals surface area (Å²) in [6.45, 7) is 2.07. The van der Waals surface area contributed by atoms with E-state index in [1.807, 2.05) is 0 Å². The number of carbonyl (C=O) groups is 1. The average Bonchev–Trinajstić information content (AvgIpc) is 2.01. The monoisotopic (exact) mass is 214 g/mol. The molecular weight excluding hydrogens is 204 g/mol. The molecule has 0 bridgehead atoms. The molecule has 1 heterocycles. The molecule has 0 fully saturated rings. The van der Waals surface area contributed by atoms with Crippen LogP contribution in [0.4, 0.5) is 5.95 Å². The number of aryl methyl sites for hydroxylation is 1. The summed E-state index contributed by atoms with van der Waals surface area (Å²) in [5.74, 6) is 0.00242. The lowest BCUT2D eigenvalue weighted by Gasteiger charge is -2.03. The van der Waals surface area contributed by atoms with Gasteiger partial charge in [0.15, 0.2) is 0 Å². The van der Waals surface area contributed by atoms with Crippen molar-refractivity contribution >= 4 is 23.5 Å². The molecule has 0 unspecified atom stereocenters. The summed E-state index contributed by atoms with van der Waals surface area (Å²) in [5.41, 5.74) is 5.92. The van der Waals surface area contributed by atoms with Crippen LogP contribution in [0, 0.1) is 6.92 Å². The van der Waals surface area contributed by atoms with Crippen molar-refractivity contribution in [2.24, 2.45) is 5.73 Å². The van der Waals surface area contributed by atoms with Crippen LogP contribution in [0.15, 0.2) is 6.07 Å². The van der Waals surface area contributed by atoms with Gasteiger partial charge in [0.05, 0.1) is 0 Å². The summed E-state index contributed by atoms with van der Waals surface area (Å²) in [4.78, 5) is 18.9. The van der Waals surface area contributed by atoms with Crippen molar-refractivity contribution in [2.45, 2.75) is 13.3 Å². The van der Waals surface area contributed by atoms with Gasteiger partial charge < -0.3 is 5.73 Å². The van der Waals surface area contributed by atoms with Gasteiger partial charge in [0.1, 0.15) is 5.15 Å². The van der Waals surface area contributed by atoms with Crippen LogP contribution in [0.25, 0.3) is 0 Å².